The first kappa shape index (κ1) is 16.6. The molecule has 0 aliphatic rings. The Morgan fingerprint density at radius 1 is 1.27 bits per heavy atom. The van der Waals surface area contributed by atoms with E-state index in [0.717, 1.165) is 22.4 Å². The molecule has 0 fully saturated rings. The van der Waals surface area contributed by atoms with Crippen molar-refractivity contribution in [2.75, 3.05) is 0 Å². The average Bonchev–Trinajstić information content (AvgIpc) is 2.53. The van der Waals surface area contributed by atoms with E-state index in [2.05, 4.69) is 23.7 Å². The summed E-state index contributed by atoms with van der Waals surface area (Å²) in [5.41, 5.74) is 4.15. The first-order valence-electron chi connectivity index (χ1n) is 7.30. The molecule has 0 saturated heterocycles. The molecule has 2 rings (SSSR count). The Morgan fingerprint density at radius 3 is 2.45 bits per heavy atom. The number of hydrogen-bond acceptors (Lipinski definition) is 2. The third-order valence-electron chi connectivity index (χ3n) is 3.80. The molecule has 4 heteroatoms. The molecule has 2 aromatic rings. The quantitative estimate of drug-likeness (QED) is 0.885. The molecule has 0 aliphatic carbocycles. The number of nitrogens with zero attached hydrogens (tertiary/aromatic N) is 1. The van der Waals surface area contributed by atoms with Crippen LogP contribution in [0.1, 0.15) is 43.0 Å². The predicted molar refractivity (Wildman–Crippen MR) is 93.6 cm³/mol. The molecule has 0 radical (unpaired) electrons. The summed E-state index contributed by atoms with van der Waals surface area (Å²) in [6.07, 6.45) is 2.55. The van der Waals surface area contributed by atoms with Crippen LogP contribution in [-0.2, 0) is 11.0 Å². The summed E-state index contributed by atoms with van der Waals surface area (Å²) in [6, 6.07) is 14.2. The molecule has 2 unspecified atom stereocenters. The molecule has 0 saturated carbocycles. The van der Waals surface area contributed by atoms with Gasteiger partial charge in [0.2, 0.25) is 0 Å². The fourth-order valence-electron chi connectivity index (χ4n) is 2.40. The molecule has 0 amide bonds. The molecular formula is C18H22N2OS. The SMILES string of the molecule is C=C(C)c1ccc([C@@H](CC(C)S(N)=O)c2ccccc2)nc1. The molecule has 2 N–H and O–H groups in total. The molecule has 0 aliphatic heterocycles. The highest BCUT2D eigenvalue weighted by atomic mass is 32.2. The summed E-state index contributed by atoms with van der Waals surface area (Å²) in [4.78, 5) is 4.59. The van der Waals surface area contributed by atoms with Gasteiger partial charge in [0, 0.05) is 23.1 Å². The van der Waals surface area contributed by atoms with E-state index in [-0.39, 0.29) is 11.2 Å². The second kappa shape index (κ2) is 7.47. The minimum atomic E-state index is -1.33. The molecule has 0 spiro atoms. The topological polar surface area (TPSA) is 56.0 Å². The highest BCUT2D eigenvalue weighted by Gasteiger charge is 2.20. The van der Waals surface area contributed by atoms with Crippen molar-refractivity contribution in [2.24, 2.45) is 5.14 Å². The van der Waals surface area contributed by atoms with Crippen LogP contribution in [0.25, 0.3) is 5.57 Å². The van der Waals surface area contributed by atoms with Crippen molar-refractivity contribution in [1.29, 1.82) is 0 Å². The van der Waals surface area contributed by atoms with Crippen LogP contribution in [0.15, 0.2) is 55.2 Å². The summed E-state index contributed by atoms with van der Waals surface area (Å²) in [5.74, 6) is 0.0860. The lowest BCUT2D eigenvalue weighted by atomic mass is 9.90. The molecule has 1 heterocycles. The van der Waals surface area contributed by atoms with Crippen LogP contribution in [0.2, 0.25) is 0 Å². The third kappa shape index (κ3) is 4.12. The van der Waals surface area contributed by atoms with Crippen molar-refractivity contribution in [3.8, 4) is 0 Å². The van der Waals surface area contributed by atoms with Gasteiger partial charge in [-0.1, -0.05) is 43.0 Å². The lowest BCUT2D eigenvalue weighted by molar-refractivity contribution is 0.643. The van der Waals surface area contributed by atoms with Gasteiger partial charge in [-0.3, -0.25) is 10.1 Å². The van der Waals surface area contributed by atoms with E-state index in [9.17, 15) is 4.21 Å². The van der Waals surface area contributed by atoms with Gasteiger partial charge < -0.3 is 0 Å². The normalized spacial score (nSPS) is 15.0. The number of aromatic nitrogens is 1. The number of rotatable bonds is 6. The smallest absolute Gasteiger partial charge is 0.0917 e. The van der Waals surface area contributed by atoms with Crippen molar-refractivity contribution in [2.45, 2.75) is 31.4 Å². The van der Waals surface area contributed by atoms with E-state index in [1.165, 1.54) is 0 Å². The monoisotopic (exact) mass is 314 g/mol. The van der Waals surface area contributed by atoms with Gasteiger partial charge in [0.15, 0.2) is 0 Å². The molecule has 116 valence electrons. The summed E-state index contributed by atoms with van der Waals surface area (Å²) < 4.78 is 11.5. The number of allylic oxidation sites excluding steroid dienone is 1. The summed E-state index contributed by atoms with van der Waals surface area (Å²) in [6.45, 7) is 7.81. The highest BCUT2D eigenvalue weighted by Crippen LogP contribution is 2.29. The standard InChI is InChI=1S/C18H22N2OS/c1-13(2)16-9-10-18(20-12-16)17(11-14(3)22(19)21)15-7-5-4-6-8-15/h4-10,12,14,17H,1,11,19H2,2-3H3/t14?,17-,22?/m0/s1. The van der Waals surface area contributed by atoms with Crippen LogP contribution in [0.4, 0.5) is 0 Å². The van der Waals surface area contributed by atoms with E-state index in [1.54, 1.807) is 0 Å². The maximum atomic E-state index is 11.5. The zero-order valence-corrected chi connectivity index (χ0v) is 13.8. The Balaban J connectivity index is 2.35. The van der Waals surface area contributed by atoms with E-state index in [1.807, 2.05) is 50.4 Å². The zero-order valence-electron chi connectivity index (χ0n) is 13.0. The van der Waals surface area contributed by atoms with Crippen LogP contribution in [0.3, 0.4) is 0 Å². The van der Waals surface area contributed by atoms with Gasteiger partial charge in [-0.15, -0.1) is 0 Å². The molecule has 1 aromatic carbocycles. The highest BCUT2D eigenvalue weighted by molar-refractivity contribution is 7.83. The van der Waals surface area contributed by atoms with Crippen molar-refractivity contribution in [3.63, 3.8) is 0 Å². The van der Waals surface area contributed by atoms with E-state index < -0.39 is 11.0 Å². The van der Waals surface area contributed by atoms with Crippen molar-refractivity contribution < 1.29 is 4.21 Å². The Bertz CT molecular complexity index is 653. The zero-order chi connectivity index (χ0) is 16.1. The number of pyridine rings is 1. The van der Waals surface area contributed by atoms with Crippen LogP contribution >= 0.6 is 0 Å². The van der Waals surface area contributed by atoms with Crippen molar-refractivity contribution in [3.05, 3.63) is 72.1 Å². The second-order valence-corrected chi connectivity index (χ2v) is 7.05. The predicted octanol–water partition coefficient (Wildman–Crippen LogP) is 3.65. The van der Waals surface area contributed by atoms with Gasteiger partial charge in [-0.05, 0) is 43.0 Å². The molecular weight excluding hydrogens is 292 g/mol. The van der Waals surface area contributed by atoms with Crippen LogP contribution in [0.5, 0.6) is 0 Å². The van der Waals surface area contributed by atoms with Gasteiger partial charge in [-0.2, -0.15) is 0 Å². The first-order valence-corrected chi connectivity index (χ1v) is 8.58. The number of hydrogen-bond donors (Lipinski definition) is 1. The molecule has 3 atom stereocenters. The van der Waals surface area contributed by atoms with Crippen LogP contribution in [0, 0.1) is 0 Å². The molecule has 0 bridgehead atoms. The van der Waals surface area contributed by atoms with Gasteiger partial charge in [0.05, 0.1) is 11.0 Å². The minimum absolute atomic E-state index is 0.0860. The van der Waals surface area contributed by atoms with Gasteiger partial charge >= 0.3 is 0 Å². The summed E-state index contributed by atoms with van der Waals surface area (Å²) in [5, 5.41) is 5.45. The van der Waals surface area contributed by atoms with E-state index >= 15 is 0 Å². The van der Waals surface area contributed by atoms with Crippen LogP contribution in [-0.4, -0.2) is 14.4 Å². The van der Waals surface area contributed by atoms with Crippen molar-refractivity contribution in [1.82, 2.24) is 4.98 Å². The minimum Gasteiger partial charge on any atom is -0.260 e. The summed E-state index contributed by atoms with van der Waals surface area (Å²) in [7, 11) is -1.33. The van der Waals surface area contributed by atoms with E-state index in [4.69, 9.17) is 5.14 Å². The van der Waals surface area contributed by atoms with E-state index in [0.29, 0.717) is 6.42 Å². The lowest BCUT2D eigenvalue weighted by Crippen LogP contribution is -2.21. The Labute approximate surface area is 134 Å². The summed E-state index contributed by atoms with van der Waals surface area (Å²) >= 11 is 0. The fourth-order valence-corrected chi connectivity index (χ4v) is 2.79. The Morgan fingerprint density at radius 2 is 1.95 bits per heavy atom. The number of benzene rings is 1. The second-order valence-electron chi connectivity index (χ2n) is 5.59. The molecule has 3 nitrogen and oxygen atoms in total. The van der Waals surface area contributed by atoms with Crippen LogP contribution < -0.4 is 5.14 Å². The largest absolute Gasteiger partial charge is 0.260 e. The maximum Gasteiger partial charge on any atom is 0.0917 e. The van der Waals surface area contributed by atoms with Gasteiger partial charge in [0.1, 0.15) is 0 Å². The van der Waals surface area contributed by atoms with Gasteiger partial charge in [-0.25, -0.2) is 4.21 Å². The lowest BCUT2D eigenvalue weighted by Gasteiger charge is -2.20. The maximum absolute atomic E-state index is 11.5. The van der Waals surface area contributed by atoms with Crippen molar-refractivity contribution >= 4 is 16.6 Å². The first-order chi connectivity index (χ1) is 10.5. The molecule has 22 heavy (non-hydrogen) atoms. The Hall–Kier alpha value is -1.78. The number of nitrogens with two attached hydrogens (primary N) is 1. The fraction of sp³-hybridized carbons (Fsp3) is 0.278. The Kier molecular flexibility index (Phi) is 5.63. The average molecular weight is 314 g/mol. The molecule has 1 aromatic heterocycles. The third-order valence-corrected chi connectivity index (χ3v) is 4.79. The van der Waals surface area contributed by atoms with Gasteiger partial charge in [0.25, 0.3) is 0 Å².